The Morgan fingerprint density at radius 1 is 1.29 bits per heavy atom. The van der Waals surface area contributed by atoms with E-state index in [9.17, 15) is 4.79 Å². The molecule has 94 valence electrons. The summed E-state index contributed by atoms with van der Waals surface area (Å²) in [6, 6.07) is 0. The summed E-state index contributed by atoms with van der Waals surface area (Å²) in [6.07, 6.45) is 0.908. The first-order valence-corrected chi connectivity index (χ1v) is 6.90. The van der Waals surface area contributed by atoms with Crippen LogP contribution >= 0.6 is 11.3 Å². The standard InChI is InChI=1S/C12H19N3OS/c1-3-14-4-6-15(7-5-14)8-12-13-10(2)11(9-16)17-12/h9H,3-8H2,1-2H3. The van der Waals surface area contributed by atoms with Gasteiger partial charge in [0, 0.05) is 26.2 Å². The third-order valence-corrected chi connectivity index (χ3v) is 4.32. The molecular weight excluding hydrogens is 234 g/mol. The Morgan fingerprint density at radius 3 is 2.47 bits per heavy atom. The van der Waals surface area contributed by atoms with Crippen LogP contribution in [0.15, 0.2) is 0 Å². The lowest BCUT2D eigenvalue weighted by Crippen LogP contribution is -2.45. The van der Waals surface area contributed by atoms with E-state index in [-0.39, 0.29) is 0 Å². The maximum atomic E-state index is 10.8. The van der Waals surface area contributed by atoms with Gasteiger partial charge in [0.05, 0.1) is 17.1 Å². The van der Waals surface area contributed by atoms with E-state index in [0.717, 1.165) is 61.1 Å². The monoisotopic (exact) mass is 253 g/mol. The lowest BCUT2D eigenvalue weighted by molar-refractivity contribution is 0.112. The number of nitrogens with zero attached hydrogens (tertiary/aromatic N) is 3. The van der Waals surface area contributed by atoms with Crippen LogP contribution in [-0.2, 0) is 6.54 Å². The average molecular weight is 253 g/mol. The van der Waals surface area contributed by atoms with Crippen molar-refractivity contribution in [3.63, 3.8) is 0 Å². The molecule has 0 atom stereocenters. The van der Waals surface area contributed by atoms with Crippen LogP contribution < -0.4 is 0 Å². The highest BCUT2D eigenvalue weighted by Gasteiger charge is 2.17. The molecule has 0 aliphatic carbocycles. The zero-order chi connectivity index (χ0) is 12.3. The Morgan fingerprint density at radius 2 is 1.94 bits per heavy atom. The van der Waals surface area contributed by atoms with Gasteiger partial charge in [0.1, 0.15) is 5.01 Å². The largest absolute Gasteiger partial charge is 0.301 e. The van der Waals surface area contributed by atoms with E-state index in [1.165, 1.54) is 11.3 Å². The van der Waals surface area contributed by atoms with Gasteiger partial charge in [0.25, 0.3) is 0 Å². The smallest absolute Gasteiger partial charge is 0.161 e. The number of carbonyl (C=O) groups is 1. The third-order valence-electron chi connectivity index (χ3n) is 3.25. The molecule has 0 spiro atoms. The number of aromatic nitrogens is 1. The summed E-state index contributed by atoms with van der Waals surface area (Å²) in [5, 5.41) is 1.06. The number of aryl methyl sites for hydroxylation is 1. The fourth-order valence-corrected chi connectivity index (χ4v) is 3.02. The number of aldehydes is 1. The molecule has 5 heteroatoms. The summed E-state index contributed by atoms with van der Waals surface area (Å²) >= 11 is 1.53. The maximum absolute atomic E-state index is 10.8. The second-order valence-electron chi connectivity index (χ2n) is 4.39. The fraction of sp³-hybridized carbons (Fsp3) is 0.667. The lowest BCUT2D eigenvalue weighted by Gasteiger charge is -2.33. The van der Waals surface area contributed by atoms with Gasteiger partial charge in [-0.05, 0) is 13.5 Å². The molecule has 0 radical (unpaired) electrons. The van der Waals surface area contributed by atoms with Crippen molar-refractivity contribution in [1.82, 2.24) is 14.8 Å². The fourth-order valence-electron chi connectivity index (χ4n) is 2.10. The van der Waals surface area contributed by atoms with E-state index >= 15 is 0 Å². The van der Waals surface area contributed by atoms with Crippen molar-refractivity contribution >= 4 is 17.6 Å². The molecule has 0 unspecified atom stereocenters. The first kappa shape index (κ1) is 12.7. The number of hydrogen-bond donors (Lipinski definition) is 0. The zero-order valence-corrected chi connectivity index (χ0v) is 11.3. The number of thiazole rings is 1. The van der Waals surface area contributed by atoms with Crippen LogP contribution in [0.1, 0.15) is 27.3 Å². The molecule has 1 fully saturated rings. The lowest BCUT2D eigenvalue weighted by atomic mass is 10.3. The van der Waals surface area contributed by atoms with E-state index in [0.29, 0.717) is 0 Å². The molecule has 0 saturated carbocycles. The molecule has 0 amide bonds. The average Bonchev–Trinajstić information content (AvgIpc) is 2.70. The van der Waals surface area contributed by atoms with Crippen molar-refractivity contribution < 1.29 is 4.79 Å². The van der Waals surface area contributed by atoms with Gasteiger partial charge in [0.15, 0.2) is 6.29 Å². The van der Waals surface area contributed by atoms with Gasteiger partial charge in [-0.15, -0.1) is 11.3 Å². The highest BCUT2D eigenvalue weighted by atomic mass is 32.1. The van der Waals surface area contributed by atoms with Crippen LogP contribution in [0.4, 0.5) is 0 Å². The van der Waals surface area contributed by atoms with Gasteiger partial charge in [-0.2, -0.15) is 0 Å². The van der Waals surface area contributed by atoms with E-state index < -0.39 is 0 Å². The number of carbonyl (C=O) groups excluding carboxylic acids is 1. The summed E-state index contributed by atoms with van der Waals surface area (Å²) < 4.78 is 0. The SMILES string of the molecule is CCN1CCN(Cc2nc(C)c(C=O)s2)CC1. The quantitative estimate of drug-likeness (QED) is 0.760. The summed E-state index contributed by atoms with van der Waals surface area (Å²) in [4.78, 5) is 20.9. The molecule has 1 aromatic heterocycles. The molecule has 1 aliphatic rings. The van der Waals surface area contributed by atoms with Crippen molar-refractivity contribution in [2.24, 2.45) is 0 Å². The van der Waals surface area contributed by atoms with Crippen LogP contribution in [0.5, 0.6) is 0 Å². The molecule has 0 N–H and O–H groups in total. The van der Waals surface area contributed by atoms with Crippen molar-refractivity contribution in [1.29, 1.82) is 0 Å². The van der Waals surface area contributed by atoms with Crippen molar-refractivity contribution in [3.05, 3.63) is 15.6 Å². The first-order valence-electron chi connectivity index (χ1n) is 6.09. The highest BCUT2D eigenvalue weighted by Crippen LogP contribution is 2.18. The maximum Gasteiger partial charge on any atom is 0.161 e. The van der Waals surface area contributed by atoms with Crippen LogP contribution in [0.2, 0.25) is 0 Å². The van der Waals surface area contributed by atoms with E-state index in [1.807, 2.05) is 6.92 Å². The second-order valence-corrected chi connectivity index (χ2v) is 5.50. The van der Waals surface area contributed by atoms with Gasteiger partial charge < -0.3 is 4.90 Å². The predicted molar refractivity (Wildman–Crippen MR) is 69.6 cm³/mol. The Hall–Kier alpha value is -0.780. The van der Waals surface area contributed by atoms with Crippen LogP contribution in [0.3, 0.4) is 0 Å². The van der Waals surface area contributed by atoms with Gasteiger partial charge >= 0.3 is 0 Å². The number of piperazine rings is 1. The molecule has 2 rings (SSSR count). The van der Waals surface area contributed by atoms with E-state index in [4.69, 9.17) is 0 Å². The zero-order valence-electron chi connectivity index (χ0n) is 10.5. The van der Waals surface area contributed by atoms with Gasteiger partial charge in [0.2, 0.25) is 0 Å². The second kappa shape index (κ2) is 5.71. The minimum absolute atomic E-state index is 0.771. The molecule has 4 nitrogen and oxygen atoms in total. The summed E-state index contributed by atoms with van der Waals surface area (Å²) in [5.74, 6) is 0. The Bertz CT molecular complexity index is 383. The number of hydrogen-bond acceptors (Lipinski definition) is 5. The molecule has 1 saturated heterocycles. The van der Waals surface area contributed by atoms with Gasteiger partial charge in [-0.1, -0.05) is 6.92 Å². The molecule has 17 heavy (non-hydrogen) atoms. The van der Waals surface area contributed by atoms with Crippen molar-refractivity contribution in [3.8, 4) is 0 Å². The molecule has 1 aromatic rings. The van der Waals surface area contributed by atoms with Crippen LogP contribution in [0, 0.1) is 6.92 Å². The number of rotatable bonds is 4. The van der Waals surface area contributed by atoms with Crippen LogP contribution in [0.25, 0.3) is 0 Å². The Labute approximate surface area is 106 Å². The third kappa shape index (κ3) is 3.12. The minimum atomic E-state index is 0.771. The Balaban J connectivity index is 1.90. The molecule has 1 aliphatic heterocycles. The predicted octanol–water partition coefficient (Wildman–Crippen LogP) is 1.40. The van der Waals surface area contributed by atoms with Gasteiger partial charge in [-0.3, -0.25) is 9.69 Å². The first-order chi connectivity index (χ1) is 8.22. The van der Waals surface area contributed by atoms with E-state index in [1.54, 1.807) is 0 Å². The van der Waals surface area contributed by atoms with Crippen LogP contribution in [-0.4, -0.2) is 53.8 Å². The summed E-state index contributed by atoms with van der Waals surface area (Å²) in [6.45, 7) is 10.6. The topological polar surface area (TPSA) is 36.4 Å². The van der Waals surface area contributed by atoms with E-state index in [2.05, 4.69) is 21.7 Å². The minimum Gasteiger partial charge on any atom is -0.301 e. The highest BCUT2D eigenvalue weighted by molar-refractivity contribution is 7.13. The molecular formula is C12H19N3OS. The number of likely N-dealkylation sites (N-methyl/N-ethyl adjacent to an activating group) is 1. The van der Waals surface area contributed by atoms with Gasteiger partial charge in [-0.25, -0.2) is 4.98 Å². The normalized spacial score (nSPS) is 18.5. The van der Waals surface area contributed by atoms with Crippen molar-refractivity contribution in [2.45, 2.75) is 20.4 Å². The van der Waals surface area contributed by atoms with Crippen molar-refractivity contribution in [2.75, 3.05) is 32.7 Å². The molecule has 0 bridgehead atoms. The summed E-state index contributed by atoms with van der Waals surface area (Å²) in [7, 11) is 0. The Kier molecular flexibility index (Phi) is 4.25. The summed E-state index contributed by atoms with van der Waals surface area (Å²) in [5.41, 5.74) is 0.868. The molecule has 0 aromatic carbocycles. The molecule has 2 heterocycles.